The van der Waals surface area contributed by atoms with Gasteiger partial charge in [0, 0.05) is 15.6 Å². The Labute approximate surface area is 166 Å². The molecule has 0 saturated heterocycles. The monoisotopic (exact) mass is 424 g/mol. The van der Waals surface area contributed by atoms with Crippen LogP contribution in [0.3, 0.4) is 0 Å². The number of hydrogen-bond acceptors (Lipinski definition) is 4. The van der Waals surface area contributed by atoms with E-state index in [2.05, 4.69) is 15.3 Å². The maximum absolute atomic E-state index is 13.8. The number of rotatable bonds is 3. The van der Waals surface area contributed by atoms with Crippen LogP contribution in [0.25, 0.3) is 28.6 Å². The SMILES string of the molecule is FC(F)(F)c1c(-c2nnc(-c3cc(Cl)cc(Cl)c3)o2)cnn1-c1ccccc1. The zero-order chi connectivity index (χ0) is 19.9. The first-order valence-corrected chi connectivity index (χ1v) is 8.59. The second-order valence-corrected chi connectivity index (χ2v) is 6.60. The van der Waals surface area contributed by atoms with Crippen LogP contribution in [0.2, 0.25) is 10.0 Å². The second kappa shape index (κ2) is 6.96. The summed E-state index contributed by atoms with van der Waals surface area (Å²) in [7, 11) is 0. The highest BCUT2D eigenvalue weighted by Gasteiger charge is 2.40. The van der Waals surface area contributed by atoms with Gasteiger partial charge in [-0.1, -0.05) is 41.4 Å². The Kier molecular flexibility index (Phi) is 4.60. The van der Waals surface area contributed by atoms with Gasteiger partial charge in [-0.3, -0.25) is 0 Å². The lowest BCUT2D eigenvalue weighted by molar-refractivity contribution is -0.142. The van der Waals surface area contributed by atoms with Crippen molar-refractivity contribution in [2.45, 2.75) is 6.18 Å². The summed E-state index contributed by atoms with van der Waals surface area (Å²) in [4.78, 5) is 0. The lowest BCUT2D eigenvalue weighted by Gasteiger charge is -2.11. The maximum Gasteiger partial charge on any atom is 0.434 e. The Morgan fingerprint density at radius 3 is 2.18 bits per heavy atom. The molecule has 2 aromatic carbocycles. The third-order valence-corrected chi connectivity index (χ3v) is 4.24. The molecule has 0 atom stereocenters. The van der Waals surface area contributed by atoms with Crippen LogP contribution in [0.4, 0.5) is 13.2 Å². The van der Waals surface area contributed by atoms with E-state index < -0.39 is 11.9 Å². The molecule has 0 aliphatic heterocycles. The standard InChI is InChI=1S/C18H9Cl2F3N4O/c19-11-6-10(7-12(20)8-11)16-25-26-17(28-16)14-9-24-27(15(14)18(21,22)23)13-4-2-1-3-5-13/h1-9H. The minimum Gasteiger partial charge on any atom is -0.416 e. The van der Waals surface area contributed by atoms with Crippen molar-refractivity contribution >= 4 is 23.2 Å². The Balaban J connectivity index is 1.82. The van der Waals surface area contributed by atoms with Gasteiger partial charge in [-0.05, 0) is 30.3 Å². The average molecular weight is 425 g/mol. The van der Waals surface area contributed by atoms with E-state index in [1.165, 1.54) is 30.3 Å². The topological polar surface area (TPSA) is 56.7 Å². The number of benzene rings is 2. The fourth-order valence-corrected chi connectivity index (χ4v) is 3.19. The van der Waals surface area contributed by atoms with Crippen LogP contribution in [-0.2, 0) is 6.18 Å². The van der Waals surface area contributed by atoms with Gasteiger partial charge in [0.05, 0.1) is 17.4 Å². The first-order valence-electron chi connectivity index (χ1n) is 7.84. The normalized spacial score (nSPS) is 11.8. The van der Waals surface area contributed by atoms with Crippen molar-refractivity contribution in [3.8, 4) is 28.6 Å². The number of para-hydroxylation sites is 1. The fourth-order valence-electron chi connectivity index (χ4n) is 2.67. The summed E-state index contributed by atoms with van der Waals surface area (Å²) in [5.41, 5.74) is -0.705. The molecule has 0 unspecified atom stereocenters. The van der Waals surface area contributed by atoms with Crippen molar-refractivity contribution in [2.24, 2.45) is 0 Å². The minimum absolute atomic E-state index is 0.0139. The molecule has 0 radical (unpaired) electrons. The summed E-state index contributed by atoms with van der Waals surface area (Å²) in [6.45, 7) is 0. The molecule has 0 saturated carbocycles. The molecular weight excluding hydrogens is 416 g/mol. The van der Waals surface area contributed by atoms with Crippen molar-refractivity contribution in [3.05, 3.63) is 70.5 Å². The molecule has 0 spiro atoms. The predicted molar refractivity (Wildman–Crippen MR) is 97.3 cm³/mol. The predicted octanol–water partition coefficient (Wildman–Crippen LogP) is 5.91. The molecule has 2 heterocycles. The maximum atomic E-state index is 13.8. The summed E-state index contributed by atoms with van der Waals surface area (Å²) in [5, 5.41) is 12.1. The van der Waals surface area contributed by atoms with Gasteiger partial charge < -0.3 is 4.42 Å². The third kappa shape index (κ3) is 3.48. The van der Waals surface area contributed by atoms with E-state index in [9.17, 15) is 13.2 Å². The minimum atomic E-state index is -4.70. The number of aromatic nitrogens is 4. The third-order valence-electron chi connectivity index (χ3n) is 3.80. The Morgan fingerprint density at radius 1 is 0.893 bits per heavy atom. The molecule has 10 heteroatoms. The molecular formula is C18H9Cl2F3N4O. The average Bonchev–Trinajstić information content (AvgIpc) is 3.28. The van der Waals surface area contributed by atoms with E-state index in [0.29, 0.717) is 15.6 Å². The van der Waals surface area contributed by atoms with Crippen LogP contribution in [0.1, 0.15) is 5.69 Å². The van der Waals surface area contributed by atoms with Gasteiger partial charge >= 0.3 is 6.18 Å². The van der Waals surface area contributed by atoms with E-state index in [1.807, 2.05) is 0 Å². The molecule has 4 rings (SSSR count). The zero-order valence-corrected chi connectivity index (χ0v) is 15.3. The van der Waals surface area contributed by atoms with Crippen LogP contribution in [0.5, 0.6) is 0 Å². The summed E-state index contributed by atoms with van der Waals surface area (Å²) in [5.74, 6) is -0.333. The van der Waals surface area contributed by atoms with Crippen LogP contribution in [0, 0.1) is 0 Å². The Bertz CT molecular complexity index is 1120. The van der Waals surface area contributed by atoms with Gasteiger partial charge in [0.15, 0.2) is 5.69 Å². The largest absolute Gasteiger partial charge is 0.434 e. The zero-order valence-electron chi connectivity index (χ0n) is 13.8. The van der Waals surface area contributed by atoms with Crippen LogP contribution in [0.15, 0.2) is 59.1 Å². The highest BCUT2D eigenvalue weighted by Crippen LogP contribution is 2.38. The smallest absolute Gasteiger partial charge is 0.416 e. The number of halogens is 5. The van der Waals surface area contributed by atoms with Gasteiger partial charge in [-0.2, -0.15) is 18.3 Å². The molecule has 0 aliphatic carbocycles. The van der Waals surface area contributed by atoms with Crippen LogP contribution < -0.4 is 0 Å². The van der Waals surface area contributed by atoms with Gasteiger partial charge in [-0.25, -0.2) is 4.68 Å². The highest BCUT2D eigenvalue weighted by atomic mass is 35.5. The molecule has 0 fully saturated rings. The first kappa shape index (κ1) is 18.5. The van der Waals surface area contributed by atoms with Gasteiger partial charge in [0.2, 0.25) is 5.89 Å². The fraction of sp³-hybridized carbons (Fsp3) is 0.0556. The molecule has 0 amide bonds. The van der Waals surface area contributed by atoms with E-state index in [4.69, 9.17) is 27.6 Å². The van der Waals surface area contributed by atoms with Gasteiger partial charge in [-0.15, -0.1) is 10.2 Å². The van der Waals surface area contributed by atoms with Gasteiger partial charge in [0.25, 0.3) is 5.89 Å². The lowest BCUT2D eigenvalue weighted by Crippen LogP contribution is -2.14. The Hall–Kier alpha value is -2.84. The van der Waals surface area contributed by atoms with E-state index in [-0.39, 0.29) is 23.0 Å². The van der Waals surface area contributed by atoms with Crippen LogP contribution >= 0.6 is 23.2 Å². The Morgan fingerprint density at radius 2 is 1.54 bits per heavy atom. The van der Waals surface area contributed by atoms with E-state index in [1.54, 1.807) is 18.2 Å². The van der Waals surface area contributed by atoms with Crippen molar-refractivity contribution < 1.29 is 17.6 Å². The summed E-state index contributed by atoms with van der Waals surface area (Å²) in [6, 6.07) is 12.5. The second-order valence-electron chi connectivity index (χ2n) is 5.72. The molecule has 28 heavy (non-hydrogen) atoms. The van der Waals surface area contributed by atoms with E-state index >= 15 is 0 Å². The van der Waals surface area contributed by atoms with Crippen molar-refractivity contribution in [2.75, 3.05) is 0 Å². The molecule has 2 aromatic heterocycles. The molecule has 0 N–H and O–H groups in total. The summed E-state index contributed by atoms with van der Waals surface area (Å²) in [6.07, 6.45) is -3.66. The van der Waals surface area contributed by atoms with Crippen molar-refractivity contribution in [1.29, 1.82) is 0 Å². The molecule has 0 bridgehead atoms. The van der Waals surface area contributed by atoms with E-state index in [0.717, 1.165) is 10.9 Å². The quantitative estimate of drug-likeness (QED) is 0.409. The number of hydrogen-bond donors (Lipinski definition) is 0. The molecule has 142 valence electrons. The first-order chi connectivity index (χ1) is 13.3. The summed E-state index contributed by atoms with van der Waals surface area (Å²) >= 11 is 11.9. The van der Waals surface area contributed by atoms with Gasteiger partial charge in [0.1, 0.15) is 0 Å². The van der Waals surface area contributed by atoms with Crippen molar-refractivity contribution in [1.82, 2.24) is 20.0 Å². The van der Waals surface area contributed by atoms with Crippen molar-refractivity contribution in [3.63, 3.8) is 0 Å². The number of nitrogens with zero attached hydrogens (tertiary/aromatic N) is 4. The molecule has 4 aromatic rings. The number of alkyl halides is 3. The lowest BCUT2D eigenvalue weighted by atomic mass is 10.2. The summed E-state index contributed by atoms with van der Waals surface area (Å²) < 4.78 is 47.5. The molecule has 0 aliphatic rings. The highest BCUT2D eigenvalue weighted by molar-refractivity contribution is 6.35. The van der Waals surface area contributed by atoms with Crippen LogP contribution in [-0.4, -0.2) is 20.0 Å². The molecule has 5 nitrogen and oxygen atoms in total.